The minimum atomic E-state index is -0.451. The van der Waals surface area contributed by atoms with Gasteiger partial charge in [0.1, 0.15) is 5.75 Å². The van der Waals surface area contributed by atoms with Crippen LogP contribution in [0, 0.1) is 0 Å². The van der Waals surface area contributed by atoms with Gasteiger partial charge < -0.3 is 10.5 Å². The van der Waals surface area contributed by atoms with Gasteiger partial charge in [0, 0.05) is 30.4 Å². The Balaban J connectivity index is 1.64. The quantitative estimate of drug-likeness (QED) is 0.610. The molecule has 6 nitrogen and oxygen atoms in total. The summed E-state index contributed by atoms with van der Waals surface area (Å²) < 4.78 is 8.57. The molecule has 0 spiro atoms. The van der Waals surface area contributed by atoms with Crippen molar-refractivity contribution >= 4 is 27.3 Å². The lowest BCUT2D eigenvalue weighted by molar-refractivity contribution is 0.100. The van der Waals surface area contributed by atoms with Gasteiger partial charge in [0.05, 0.1) is 22.0 Å². The van der Waals surface area contributed by atoms with Gasteiger partial charge in [-0.05, 0) is 23.8 Å². The predicted octanol–water partition coefficient (Wildman–Crippen LogP) is 3.59. The highest BCUT2D eigenvalue weighted by molar-refractivity contribution is 7.20. The summed E-state index contributed by atoms with van der Waals surface area (Å²) in [6.45, 7) is 0. The number of carbonyl (C=O) groups excluding carboxylic acids is 1. The van der Waals surface area contributed by atoms with Gasteiger partial charge >= 0.3 is 0 Å². The molecule has 7 heteroatoms. The number of ether oxygens (including phenoxy) is 1. The number of nitrogens with zero attached hydrogens (tertiary/aromatic N) is 3. The highest BCUT2D eigenvalue weighted by Crippen LogP contribution is 2.34. The Kier molecular flexibility index (Phi) is 3.70. The van der Waals surface area contributed by atoms with Crippen LogP contribution in [-0.2, 0) is 7.05 Å². The molecule has 124 valence electrons. The molecule has 0 radical (unpaired) electrons. The van der Waals surface area contributed by atoms with Gasteiger partial charge in [0.25, 0.3) is 5.91 Å². The van der Waals surface area contributed by atoms with Crippen LogP contribution in [0.25, 0.3) is 21.2 Å². The topological polar surface area (TPSA) is 83.0 Å². The third-order valence-electron chi connectivity index (χ3n) is 3.77. The maximum atomic E-state index is 11.4. The van der Waals surface area contributed by atoms with Crippen molar-refractivity contribution in [2.75, 3.05) is 0 Å². The van der Waals surface area contributed by atoms with Gasteiger partial charge in [0.15, 0.2) is 5.75 Å². The number of hydrogen-bond donors (Lipinski definition) is 1. The van der Waals surface area contributed by atoms with Crippen LogP contribution < -0.4 is 10.5 Å². The summed E-state index contributed by atoms with van der Waals surface area (Å²) in [5, 5.41) is 5.00. The van der Waals surface area contributed by atoms with Crippen molar-refractivity contribution in [2.45, 2.75) is 0 Å². The van der Waals surface area contributed by atoms with E-state index in [0.717, 1.165) is 21.2 Å². The van der Waals surface area contributed by atoms with Gasteiger partial charge in [-0.25, -0.2) is 0 Å². The van der Waals surface area contributed by atoms with E-state index in [-0.39, 0.29) is 0 Å². The Labute approximate surface area is 147 Å². The van der Waals surface area contributed by atoms with Crippen LogP contribution in [0.1, 0.15) is 9.67 Å². The van der Waals surface area contributed by atoms with Crippen molar-refractivity contribution in [1.82, 2.24) is 14.8 Å². The summed E-state index contributed by atoms with van der Waals surface area (Å²) >= 11 is 1.31. The minimum Gasteiger partial charge on any atom is -0.455 e. The van der Waals surface area contributed by atoms with Crippen LogP contribution >= 0.6 is 11.3 Å². The number of thiophene rings is 1. The molecule has 1 amide bonds. The second-order valence-corrected chi connectivity index (χ2v) is 6.64. The fourth-order valence-electron chi connectivity index (χ4n) is 2.55. The molecule has 0 bridgehead atoms. The van der Waals surface area contributed by atoms with Crippen molar-refractivity contribution in [1.29, 1.82) is 0 Å². The van der Waals surface area contributed by atoms with E-state index in [1.807, 2.05) is 43.7 Å². The molecule has 0 fully saturated rings. The van der Waals surface area contributed by atoms with Crippen LogP contribution in [0.4, 0.5) is 0 Å². The Morgan fingerprint density at radius 1 is 1.16 bits per heavy atom. The van der Waals surface area contributed by atoms with Crippen LogP contribution in [0.2, 0.25) is 0 Å². The van der Waals surface area contributed by atoms with Crippen molar-refractivity contribution in [3.63, 3.8) is 0 Å². The second-order valence-electron chi connectivity index (χ2n) is 5.55. The first-order valence-corrected chi connectivity index (χ1v) is 8.36. The number of aromatic nitrogens is 3. The zero-order chi connectivity index (χ0) is 17.4. The molecular weight excluding hydrogens is 336 g/mol. The molecule has 4 rings (SSSR count). The number of pyridine rings is 1. The number of nitrogens with two attached hydrogens (primary N) is 1. The van der Waals surface area contributed by atoms with E-state index in [9.17, 15) is 4.79 Å². The molecular formula is C18H14N4O2S. The van der Waals surface area contributed by atoms with Gasteiger partial charge in [-0.2, -0.15) is 5.10 Å². The molecule has 0 aliphatic carbocycles. The number of carbonyl (C=O) groups is 1. The summed E-state index contributed by atoms with van der Waals surface area (Å²) in [5.41, 5.74) is 7.46. The van der Waals surface area contributed by atoms with Crippen LogP contribution in [0.15, 0.2) is 55.1 Å². The van der Waals surface area contributed by atoms with E-state index in [1.165, 1.54) is 11.3 Å². The summed E-state index contributed by atoms with van der Waals surface area (Å²) in [6, 6.07) is 9.47. The first-order chi connectivity index (χ1) is 12.1. The largest absolute Gasteiger partial charge is 0.455 e. The second kappa shape index (κ2) is 6.03. The first-order valence-electron chi connectivity index (χ1n) is 7.54. The molecule has 4 aromatic rings. The van der Waals surface area contributed by atoms with Gasteiger partial charge in [0.2, 0.25) is 0 Å². The number of aryl methyl sites for hydroxylation is 1. The molecule has 0 saturated heterocycles. The first kappa shape index (κ1) is 15.3. The average molecular weight is 350 g/mol. The lowest BCUT2D eigenvalue weighted by Gasteiger charge is -2.07. The number of primary amides is 1. The number of hydrogen-bond acceptors (Lipinski definition) is 5. The molecule has 0 unspecified atom stereocenters. The maximum absolute atomic E-state index is 11.4. The molecule has 25 heavy (non-hydrogen) atoms. The van der Waals surface area contributed by atoms with E-state index >= 15 is 0 Å². The third-order valence-corrected chi connectivity index (χ3v) is 4.86. The number of amides is 1. The van der Waals surface area contributed by atoms with Crippen molar-refractivity contribution in [2.24, 2.45) is 12.8 Å². The minimum absolute atomic E-state index is 0.451. The van der Waals surface area contributed by atoms with Crippen molar-refractivity contribution in [3.05, 3.63) is 60.0 Å². The average Bonchev–Trinajstić information content (AvgIpc) is 3.22. The van der Waals surface area contributed by atoms with Crippen molar-refractivity contribution < 1.29 is 9.53 Å². The summed E-state index contributed by atoms with van der Waals surface area (Å²) in [5.74, 6) is 0.831. The van der Waals surface area contributed by atoms with Crippen LogP contribution in [-0.4, -0.2) is 20.7 Å². The van der Waals surface area contributed by atoms with E-state index in [4.69, 9.17) is 10.5 Å². The third kappa shape index (κ3) is 2.97. The van der Waals surface area contributed by atoms with Gasteiger partial charge in [-0.1, -0.05) is 12.1 Å². The molecule has 3 aromatic heterocycles. The van der Waals surface area contributed by atoms with Crippen LogP contribution in [0.3, 0.4) is 0 Å². The standard InChI is InChI=1S/C18H14N4O2S/c1-22-10-12(7-21-22)11-2-4-13(5-3-11)24-15-8-20-9-17-14(15)6-16(25-17)18(19)23/h2-10H,1H3,(H2,19,23). The maximum Gasteiger partial charge on any atom is 0.258 e. The number of fused-ring (bicyclic) bond motifs is 1. The highest BCUT2D eigenvalue weighted by atomic mass is 32.1. The lowest BCUT2D eigenvalue weighted by Crippen LogP contribution is -2.08. The fourth-order valence-corrected chi connectivity index (χ4v) is 3.45. The Bertz CT molecular complexity index is 1070. The van der Waals surface area contributed by atoms with E-state index in [0.29, 0.717) is 16.4 Å². The molecule has 0 aliphatic rings. The Morgan fingerprint density at radius 2 is 1.96 bits per heavy atom. The molecule has 0 atom stereocenters. The molecule has 2 N–H and O–H groups in total. The van der Waals surface area contributed by atoms with Gasteiger partial charge in [-0.15, -0.1) is 11.3 Å². The highest BCUT2D eigenvalue weighted by Gasteiger charge is 2.12. The van der Waals surface area contributed by atoms with Crippen molar-refractivity contribution in [3.8, 4) is 22.6 Å². The smallest absolute Gasteiger partial charge is 0.258 e. The summed E-state index contributed by atoms with van der Waals surface area (Å²) in [6.07, 6.45) is 7.11. The fraction of sp³-hybridized carbons (Fsp3) is 0.0556. The molecule has 3 heterocycles. The number of benzene rings is 1. The zero-order valence-electron chi connectivity index (χ0n) is 13.3. The molecule has 0 saturated carbocycles. The summed E-state index contributed by atoms with van der Waals surface area (Å²) in [4.78, 5) is 16.0. The van der Waals surface area contributed by atoms with E-state index < -0.39 is 5.91 Å². The SMILES string of the molecule is Cn1cc(-c2ccc(Oc3cncc4sc(C(N)=O)cc34)cc2)cn1. The molecule has 1 aromatic carbocycles. The Hall–Kier alpha value is -3.19. The monoisotopic (exact) mass is 350 g/mol. The number of rotatable bonds is 4. The van der Waals surface area contributed by atoms with Gasteiger partial charge in [-0.3, -0.25) is 14.5 Å². The lowest BCUT2D eigenvalue weighted by atomic mass is 10.1. The van der Waals surface area contributed by atoms with Crippen LogP contribution in [0.5, 0.6) is 11.5 Å². The van der Waals surface area contributed by atoms with E-state index in [1.54, 1.807) is 23.1 Å². The Morgan fingerprint density at radius 3 is 2.64 bits per heavy atom. The zero-order valence-corrected chi connectivity index (χ0v) is 14.2. The molecule has 0 aliphatic heterocycles. The summed E-state index contributed by atoms with van der Waals surface area (Å²) in [7, 11) is 1.88. The normalized spacial score (nSPS) is 10.9. The predicted molar refractivity (Wildman–Crippen MR) is 96.9 cm³/mol. The van der Waals surface area contributed by atoms with E-state index in [2.05, 4.69) is 10.1 Å².